The van der Waals surface area contributed by atoms with Crippen LogP contribution in [0.2, 0.25) is 0 Å². The first kappa shape index (κ1) is 7.17. The summed E-state index contributed by atoms with van der Waals surface area (Å²) in [6.07, 6.45) is 7.04. The molecule has 1 nitrogen and oxygen atoms in total. The zero-order chi connectivity index (χ0) is 7.84. The van der Waals surface area contributed by atoms with E-state index in [0.29, 0.717) is 17.0 Å². The molecule has 0 aromatic rings. The van der Waals surface area contributed by atoms with Gasteiger partial charge < -0.3 is 0 Å². The molecule has 1 heterocycles. The Morgan fingerprint density at radius 2 is 2.45 bits per heavy atom. The average Bonchev–Trinajstić information content (AvgIpc) is 2.31. The maximum Gasteiger partial charge on any atom is 0.194 e. The van der Waals surface area contributed by atoms with Crippen LogP contribution in [0.5, 0.6) is 0 Å². The molecule has 0 N–H and O–H groups in total. The molecule has 1 aliphatic carbocycles. The van der Waals surface area contributed by atoms with Crippen molar-refractivity contribution >= 4 is 16.9 Å². The van der Waals surface area contributed by atoms with Gasteiger partial charge >= 0.3 is 0 Å². The van der Waals surface area contributed by atoms with Crippen LogP contribution in [0, 0.1) is 11.8 Å². The second-order valence-corrected chi connectivity index (χ2v) is 4.23. The van der Waals surface area contributed by atoms with Crippen molar-refractivity contribution in [2.45, 2.75) is 13.3 Å². The lowest BCUT2D eigenvalue weighted by atomic mass is 9.88. The van der Waals surface area contributed by atoms with Gasteiger partial charge in [0, 0.05) is 12.3 Å². The highest BCUT2D eigenvalue weighted by Crippen LogP contribution is 2.43. The maximum absolute atomic E-state index is 11.0. The number of fused-ring (bicyclic) bond motifs is 1. The van der Waals surface area contributed by atoms with Gasteiger partial charge in [0.1, 0.15) is 0 Å². The summed E-state index contributed by atoms with van der Waals surface area (Å²) >= 11 is 1.42. The molecule has 1 saturated heterocycles. The van der Waals surface area contributed by atoms with Gasteiger partial charge in [0.25, 0.3) is 0 Å². The first-order valence-electron chi connectivity index (χ1n) is 3.86. The van der Waals surface area contributed by atoms with Gasteiger partial charge in [0.2, 0.25) is 0 Å². The van der Waals surface area contributed by atoms with E-state index in [4.69, 9.17) is 0 Å². The fraction of sp³-hybridized carbons (Fsp3) is 0.444. The van der Waals surface area contributed by atoms with Crippen LogP contribution in [0.4, 0.5) is 0 Å². The van der Waals surface area contributed by atoms with Crippen molar-refractivity contribution in [2.75, 3.05) is 0 Å². The quantitative estimate of drug-likeness (QED) is 0.549. The fourth-order valence-corrected chi connectivity index (χ4v) is 2.71. The molecule has 2 atom stereocenters. The van der Waals surface area contributed by atoms with Crippen LogP contribution in [-0.4, -0.2) is 5.12 Å². The van der Waals surface area contributed by atoms with Crippen molar-refractivity contribution < 1.29 is 4.79 Å². The topological polar surface area (TPSA) is 17.1 Å². The molecule has 0 spiro atoms. The monoisotopic (exact) mass is 166 g/mol. The fourth-order valence-electron chi connectivity index (χ4n) is 1.59. The Hall–Kier alpha value is -0.500. The van der Waals surface area contributed by atoms with Crippen LogP contribution in [0.25, 0.3) is 0 Å². The van der Waals surface area contributed by atoms with Gasteiger partial charge in [-0.05, 0) is 10.8 Å². The molecule has 0 radical (unpaired) electrons. The van der Waals surface area contributed by atoms with Gasteiger partial charge in [-0.2, -0.15) is 0 Å². The maximum atomic E-state index is 11.0. The number of hydrogen-bond acceptors (Lipinski definition) is 2. The summed E-state index contributed by atoms with van der Waals surface area (Å²) in [5, 5.41) is 0.330. The van der Waals surface area contributed by atoms with Gasteiger partial charge in [-0.1, -0.05) is 36.9 Å². The van der Waals surface area contributed by atoms with Gasteiger partial charge in [-0.3, -0.25) is 4.79 Å². The van der Waals surface area contributed by atoms with E-state index < -0.39 is 0 Å². The Morgan fingerprint density at radius 3 is 3.18 bits per heavy atom. The number of hydrogen-bond donors (Lipinski definition) is 0. The Bertz CT molecular complexity index is 252. The lowest BCUT2D eigenvalue weighted by Crippen LogP contribution is -2.09. The molecule has 0 saturated carbocycles. The van der Waals surface area contributed by atoms with Gasteiger partial charge in [-0.25, -0.2) is 0 Å². The highest BCUT2D eigenvalue weighted by Gasteiger charge is 2.32. The van der Waals surface area contributed by atoms with E-state index in [-0.39, 0.29) is 0 Å². The Balaban J connectivity index is 2.28. The molecular formula is C9H10OS. The smallest absolute Gasteiger partial charge is 0.194 e. The van der Waals surface area contributed by atoms with Crippen molar-refractivity contribution in [1.82, 2.24) is 0 Å². The zero-order valence-corrected chi connectivity index (χ0v) is 7.23. The lowest BCUT2D eigenvalue weighted by Gasteiger charge is -2.17. The third-order valence-corrected chi connectivity index (χ3v) is 3.36. The second-order valence-electron chi connectivity index (χ2n) is 3.10. The van der Waals surface area contributed by atoms with E-state index in [1.807, 2.05) is 0 Å². The average molecular weight is 166 g/mol. The van der Waals surface area contributed by atoms with Crippen LogP contribution >= 0.6 is 11.8 Å². The molecule has 1 fully saturated rings. The Morgan fingerprint density at radius 1 is 1.64 bits per heavy atom. The van der Waals surface area contributed by atoms with Gasteiger partial charge in [0.15, 0.2) is 5.12 Å². The summed E-state index contributed by atoms with van der Waals surface area (Å²) in [5.74, 6) is 1.05. The Labute approximate surface area is 70.6 Å². The molecule has 2 aliphatic rings. The highest BCUT2D eigenvalue weighted by atomic mass is 32.2. The van der Waals surface area contributed by atoms with E-state index in [2.05, 4.69) is 25.2 Å². The standard InChI is InChI=1S/C9H10OS/c1-6-3-2-4-8-7(6)5-9(10)11-8/h2-4,6-7H,5H2,1H3. The van der Waals surface area contributed by atoms with Crippen molar-refractivity contribution in [1.29, 1.82) is 0 Å². The van der Waals surface area contributed by atoms with Crippen LogP contribution in [0.15, 0.2) is 23.1 Å². The van der Waals surface area contributed by atoms with E-state index >= 15 is 0 Å². The van der Waals surface area contributed by atoms with Gasteiger partial charge in [0.05, 0.1) is 0 Å². The molecule has 0 bridgehead atoms. The summed E-state index contributed by atoms with van der Waals surface area (Å²) in [6.45, 7) is 2.17. The van der Waals surface area contributed by atoms with Crippen molar-refractivity contribution in [2.24, 2.45) is 11.8 Å². The summed E-state index contributed by atoms with van der Waals surface area (Å²) in [7, 11) is 0. The molecular weight excluding hydrogens is 156 g/mol. The molecule has 11 heavy (non-hydrogen) atoms. The summed E-state index contributed by atoms with van der Waals surface area (Å²) in [4.78, 5) is 12.3. The minimum absolute atomic E-state index is 0.330. The van der Waals surface area contributed by atoms with E-state index in [1.54, 1.807) is 0 Å². The molecule has 0 aromatic carbocycles. The predicted molar refractivity (Wildman–Crippen MR) is 47.1 cm³/mol. The predicted octanol–water partition coefficient (Wildman–Crippen LogP) is 2.36. The number of thioether (sulfide) groups is 1. The number of carbonyl (C=O) groups excluding carboxylic acids is 1. The number of rotatable bonds is 0. The molecule has 1 aliphatic heterocycles. The van der Waals surface area contributed by atoms with Crippen molar-refractivity contribution in [3.05, 3.63) is 23.1 Å². The first-order valence-corrected chi connectivity index (χ1v) is 4.68. The third kappa shape index (κ3) is 1.16. The number of carbonyl (C=O) groups is 1. The third-order valence-electron chi connectivity index (χ3n) is 2.29. The summed E-state index contributed by atoms with van der Waals surface area (Å²) in [6, 6.07) is 0. The molecule has 2 heteroatoms. The van der Waals surface area contributed by atoms with Crippen molar-refractivity contribution in [3.63, 3.8) is 0 Å². The van der Waals surface area contributed by atoms with Crippen LogP contribution < -0.4 is 0 Å². The zero-order valence-electron chi connectivity index (χ0n) is 6.41. The van der Waals surface area contributed by atoms with Crippen LogP contribution in [0.3, 0.4) is 0 Å². The Kier molecular flexibility index (Phi) is 1.64. The minimum Gasteiger partial charge on any atom is -0.287 e. The molecule has 2 unspecified atom stereocenters. The summed E-state index contributed by atoms with van der Waals surface area (Å²) in [5.41, 5.74) is 0. The number of allylic oxidation sites excluding steroid dienone is 4. The molecule has 2 rings (SSSR count). The minimum atomic E-state index is 0.330. The molecule has 0 amide bonds. The van der Waals surface area contributed by atoms with E-state index in [1.165, 1.54) is 16.7 Å². The van der Waals surface area contributed by atoms with Crippen LogP contribution in [-0.2, 0) is 4.79 Å². The van der Waals surface area contributed by atoms with Crippen molar-refractivity contribution in [3.8, 4) is 0 Å². The van der Waals surface area contributed by atoms with Crippen LogP contribution in [0.1, 0.15) is 13.3 Å². The highest BCUT2D eigenvalue weighted by molar-refractivity contribution is 8.17. The SMILES string of the molecule is CC1C=CC=C2SC(=O)CC21. The van der Waals surface area contributed by atoms with E-state index in [0.717, 1.165) is 6.42 Å². The lowest BCUT2D eigenvalue weighted by molar-refractivity contribution is -0.111. The first-order chi connectivity index (χ1) is 5.27. The van der Waals surface area contributed by atoms with E-state index in [9.17, 15) is 4.79 Å². The summed E-state index contributed by atoms with van der Waals surface area (Å²) < 4.78 is 0. The largest absolute Gasteiger partial charge is 0.287 e. The molecule has 0 aromatic heterocycles. The normalized spacial score (nSPS) is 35.4. The van der Waals surface area contributed by atoms with Gasteiger partial charge in [-0.15, -0.1) is 0 Å². The molecule has 58 valence electrons. The second kappa shape index (κ2) is 2.52.